The molecule has 1 rings (SSSR count). The molecule has 0 saturated carbocycles. The van der Waals surface area contributed by atoms with Gasteiger partial charge in [0.2, 0.25) is 0 Å². The van der Waals surface area contributed by atoms with E-state index in [2.05, 4.69) is 23.7 Å². The van der Waals surface area contributed by atoms with Crippen molar-refractivity contribution in [2.24, 2.45) is 5.92 Å². The van der Waals surface area contributed by atoms with E-state index in [1.807, 2.05) is 6.26 Å². The molecular weight excluding hydrogens is 164 g/mol. The Morgan fingerprint density at radius 1 is 1.60 bits per heavy atom. The van der Waals surface area contributed by atoms with E-state index < -0.39 is 0 Å². The molecule has 0 aromatic heterocycles. The molecule has 1 N–H and O–H groups in total. The zero-order chi connectivity index (χ0) is 7.72. The third-order valence-corrected chi connectivity index (χ3v) is 3.20. The van der Waals surface area contributed by atoms with Gasteiger partial charge in [0.25, 0.3) is 0 Å². The zero-order valence-electron chi connectivity index (χ0n) is 6.42. The lowest BCUT2D eigenvalue weighted by molar-refractivity contribution is 0.361. The van der Waals surface area contributed by atoms with E-state index in [9.17, 15) is 0 Å². The molecule has 0 radical (unpaired) electrons. The summed E-state index contributed by atoms with van der Waals surface area (Å²) in [5, 5.41) is 0. The molecule has 0 aromatic carbocycles. The summed E-state index contributed by atoms with van der Waals surface area (Å²) < 4.78 is 2.09. The molecule has 0 amide bonds. The van der Waals surface area contributed by atoms with Crippen LogP contribution < -0.4 is 5.43 Å². The number of hydrogen-bond acceptors (Lipinski definition) is 3. The minimum Gasteiger partial charge on any atom is -0.303 e. The van der Waals surface area contributed by atoms with Crippen LogP contribution in [-0.4, -0.2) is 21.7 Å². The van der Waals surface area contributed by atoms with Crippen LogP contribution in [0.3, 0.4) is 0 Å². The van der Waals surface area contributed by atoms with Crippen molar-refractivity contribution < 1.29 is 0 Å². The number of rotatable bonds is 1. The first-order valence-corrected chi connectivity index (χ1v) is 4.89. The van der Waals surface area contributed by atoms with E-state index in [-0.39, 0.29) is 0 Å². The lowest BCUT2D eigenvalue weighted by atomic mass is 10.1. The Hall–Kier alpha value is 0.200. The van der Waals surface area contributed by atoms with Gasteiger partial charge in [-0.25, -0.2) is 0 Å². The Balaban J connectivity index is 2.61. The lowest BCUT2D eigenvalue weighted by Gasteiger charge is -2.17. The molecule has 0 aliphatic carbocycles. The predicted octanol–water partition coefficient (Wildman–Crippen LogP) is 1.44. The maximum Gasteiger partial charge on any atom is 0.0949 e. The smallest absolute Gasteiger partial charge is 0.0949 e. The number of hydrogen-bond donors (Lipinski definition) is 1. The largest absolute Gasteiger partial charge is 0.303 e. The van der Waals surface area contributed by atoms with Crippen molar-refractivity contribution in [2.45, 2.75) is 19.9 Å². The van der Waals surface area contributed by atoms with Gasteiger partial charge in [-0.1, -0.05) is 31.1 Å². The molecule has 0 aromatic rings. The standard InChI is InChI=1S/C6H12N2S2/c1-4-5(2)8(10-3)7-6(4)9/h4-5H,1-3H3,(H,7,9). The van der Waals surface area contributed by atoms with Gasteiger partial charge in [0, 0.05) is 12.0 Å². The average molecular weight is 176 g/mol. The van der Waals surface area contributed by atoms with Crippen LogP contribution >= 0.6 is 24.2 Å². The third-order valence-electron chi connectivity index (χ3n) is 1.92. The fourth-order valence-electron chi connectivity index (χ4n) is 0.946. The van der Waals surface area contributed by atoms with E-state index in [0.717, 1.165) is 4.99 Å². The number of nitrogens with one attached hydrogen (secondary N) is 1. The minimum absolute atomic E-state index is 0.488. The van der Waals surface area contributed by atoms with Crippen LogP contribution in [0, 0.1) is 5.92 Å². The normalized spacial score (nSPS) is 34.5. The molecule has 2 unspecified atom stereocenters. The first-order valence-electron chi connectivity index (χ1n) is 3.30. The first-order chi connectivity index (χ1) is 4.66. The van der Waals surface area contributed by atoms with E-state index >= 15 is 0 Å². The summed E-state index contributed by atoms with van der Waals surface area (Å²) in [5.41, 5.74) is 3.13. The molecule has 1 saturated heterocycles. The fraction of sp³-hybridized carbons (Fsp3) is 0.833. The highest BCUT2D eigenvalue weighted by atomic mass is 32.2. The Labute approximate surface area is 71.5 Å². The summed E-state index contributed by atoms with van der Waals surface area (Å²) in [5.74, 6) is 0.488. The van der Waals surface area contributed by atoms with E-state index in [0.29, 0.717) is 12.0 Å². The quantitative estimate of drug-likeness (QED) is 0.480. The van der Waals surface area contributed by atoms with Gasteiger partial charge < -0.3 is 5.43 Å². The first kappa shape index (κ1) is 8.30. The second kappa shape index (κ2) is 3.07. The third kappa shape index (κ3) is 1.28. The van der Waals surface area contributed by atoms with Crippen molar-refractivity contribution in [3.63, 3.8) is 0 Å². The average Bonchev–Trinajstić information content (AvgIpc) is 2.17. The van der Waals surface area contributed by atoms with Gasteiger partial charge in [-0.05, 0) is 13.2 Å². The van der Waals surface area contributed by atoms with Crippen LogP contribution in [-0.2, 0) is 0 Å². The van der Waals surface area contributed by atoms with E-state index in [1.54, 1.807) is 11.9 Å². The molecule has 1 aliphatic rings. The Bertz CT molecular complexity index is 149. The maximum atomic E-state index is 5.10. The molecular formula is C6H12N2S2. The van der Waals surface area contributed by atoms with Gasteiger partial charge in [0.05, 0.1) is 4.99 Å². The van der Waals surface area contributed by atoms with Crippen molar-refractivity contribution in [3.05, 3.63) is 0 Å². The fourth-order valence-corrected chi connectivity index (χ4v) is 2.00. The molecule has 1 aliphatic heterocycles. The molecule has 1 fully saturated rings. The highest BCUT2D eigenvalue weighted by Crippen LogP contribution is 2.22. The molecule has 2 nitrogen and oxygen atoms in total. The van der Waals surface area contributed by atoms with E-state index in [1.165, 1.54) is 0 Å². The summed E-state index contributed by atoms with van der Waals surface area (Å²) in [7, 11) is 0. The topological polar surface area (TPSA) is 15.3 Å². The number of hydrazine groups is 1. The highest BCUT2D eigenvalue weighted by molar-refractivity contribution is 7.96. The molecule has 2 atom stereocenters. The van der Waals surface area contributed by atoms with Crippen LogP contribution in [0.2, 0.25) is 0 Å². The molecule has 4 heteroatoms. The van der Waals surface area contributed by atoms with Crippen LogP contribution in [0.4, 0.5) is 0 Å². The minimum atomic E-state index is 0.488. The van der Waals surface area contributed by atoms with Crippen molar-refractivity contribution in [2.75, 3.05) is 6.26 Å². The van der Waals surface area contributed by atoms with Crippen molar-refractivity contribution in [1.82, 2.24) is 9.84 Å². The molecule has 1 heterocycles. The van der Waals surface area contributed by atoms with Crippen molar-refractivity contribution in [1.29, 1.82) is 0 Å². The van der Waals surface area contributed by atoms with Gasteiger partial charge in [0.1, 0.15) is 0 Å². The maximum absolute atomic E-state index is 5.10. The summed E-state index contributed by atoms with van der Waals surface area (Å²) in [4.78, 5) is 0.960. The van der Waals surface area contributed by atoms with Crippen molar-refractivity contribution in [3.8, 4) is 0 Å². The molecule has 58 valence electrons. The summed E-state index contributed by atoms with van der Waals surface area (Å²) in [6.45, 7) is 4.32. The summed E-state index contributed by atoms with van der Waals surface area (Å²) in [6, 6.07) is 0.516. The second-order valence-electron chi connectivity index (χ2n) is 2.51. The number of thiocarbonyl (C=S) groups is 1. The van der Waals surface area contributed by atoms with Gasteiger partial charge in [-0.2, -0.15) is 4.41 Å². The van der Waals surface area contributed by atoms with Crippen LogP contribution in [0.5, 0.6) is 0 Å². The lowest BCUT2D eigenvalue weighted by Crippen LogP contribution is -2.29. The molecule has 0 spiro atoms. The second-order valence-corrected chi connectivity index (χ2v) is 3.71. The van der Waals surface area contributed by atoms with Gasteiger partial charge in [0.15, 0.2) is 0 Å². The summed E-state index contributed by atoms with van der Waals surface area (Å²) >= 11 is 6.78. The monoisotopic (exact) mass is 176 g/mol. The van der Waals surface area contributed by atoms with Gasteiger partial charge in [-0.3, -0.25) is 0 Å². The zero-order valence-corrected chi connectivity index (χ0v) is 8.05. The van der Waals surface area contributed by atoms with Gasteiger partial charge >= 0.3 is 0 Å². The van der Waals surface area contributed by atoms with Crippen molar-refractivity contribution >= 4 is 29.2 Å². The molecule has 10 heavy (non-hydrogen) atoms. The molecule has 0 bridgehead atoms. The Morgan fingerprint density at radius 2 is 2.20 bits per heavy atom. The van der Waals surface area contributed by atoms with E-state index in [4.69, 9.17) is 12.2 Å². The van der Waals surface area contributed by atoms with Crippen LogP contribution in [0.25, 0.3) is 0 Å². The van der Waals surface area contributed by atoms with Crippen LogP contribution in [0.15, 0.2) is 0 Å². The summed E-state index contributed by atoms with van der Waals surface area (Å²) in [6.07, 6.45) is 2.05. The predicted molar refractivity (Wildman–Crippen MR) is 49.7 cm³/mol. The van der Waals surface area contributed by atoms with Crippen LogP contribution in [0.1, 0.15) is 13.8 Å². The number of nitrogens with zero attached hydrogens (tertiary/aromatic N) is 1. The SMILES string of the molecule is CSN1NC(=S)C(C)C1C. The van der Waals surface area contributed by atoms with Gasteiger partial charge in [-0.15, -0.1) is 0 Å². The Kier molecular flexibility index (Phi) is 2.55. The highest BCUT2D eigenvalue weighted by Gasteiger charge is 2.30. The Morgan fingerprint density at radius 3 is 2.40 bits per heavy atom.